The Hall–Kier alpha value is -0.570. The van der Waals surface area contributed by atoms with E-state index in [4.69, 9.17) is 10.5 Å². The summed E-state index contributed by atoms with van der Waals surface area (Å²) in [5.41, 5.74) is 6.04. The lowest BCUT2D eigenvalue weighted by Crippen LogP contribution is -2.20. The van der Waals surface area contributed by atoms with Gasteiger partial charge in [-0.1, -0.05) is 32.6 Å². The molecule has 0 heterocycles. The number of carbonyl (C=O) groups is 1. The van der Waals surface area contributed by atoms with E-state index < -0.39 is 0 Å². The highest BCUT2D eigenvalue weighted by Gasteiger charge is 2.07. The molecule has 3 heteroatoms. The van der Waals surface area contributed by atoms with Crippen LogP contribution in [0.2, 0.25) is 0 Å². The third-order valence-electron chi connectivity index (χ3n) is 2.98. The van der Waals surface area contributed by atoms with E-state index in [1.807, 2.05) is 6.92 Å². The molecule has 0 bridgehead atoms. The second-order valence-corrected chi connectivity index (χ2v) is 4.96. The van der Waals surface area contributed by atoms with Gasteiger partial charge >= 0.3 is 5.97 Å². The number of hydrogen-bond donors (Lipinski definition) is 1. The van der Waals surface area contributed by atoms with E-state index in [0.29, 0.717) is 6.04 Å². The van der Waals surface area contributed by atoms with Crippen molar-refractivity contribution in [3.05, 3.63) is 0 Å². The van der Waals surface area contributed by atoms with Gasteiger partial charge in [0, 0.05) is 13.0 Å². The van der Waals surface area contributed by atoms with Crippen molar-refractivity contribution in [3.8, 4) is 0 Å². The van der Waals surface area contributed by atoms with E-state index in [1.54, 1.807) is 0 Å². The number of hydrogen-bond acceptors (Lipinski definition) is 3. The first-order valence-electron chi connectivity index (χ1n) is 6.99. The fraction of sp³-hybridized carbons (Fsp3) is 0.929. The second kappa shape index (κ2) is 10.6. The number of unbranched alkanes of at least 4 members (excludes halogenated alkanes) is 3. The first-order chi connectivity index (χ1) is 8.06. The molecule has 102 valence electrons. The molecule has 0 saturated carbocycles. The first-order valence-corrected chi connectivity index (χ1v) is 6.99. The molecule has 17 heavy (non-hydrogen) atoms. The van der Waals surface area contributed by atoms with Gasteiger partial charge in [-0.25, -0.2) is 0 Å². The molecule has 0 fully saturated rings. The molecule has 0 aromatic heterocycles. The van der Waals surface area contributed by atoms with Gasteiger partial charge in [-0.2, -0.15) is 0 Å². The van der Waals surface area contributed by atoms with Crippen LogP contribution in [0.15, 0.2) is 0 Å². The SMILES string of the molecule is CCCCCCC(N)CCCC(C)OC(C)=O. The maximum atomic E-state index is 10.7. The first kappa shape index (κ1) is 16.4. The van der Waals surface area contributed by atoms with Crippen LogP contribution in [-0.4, -0.2) is 18.1 Å². The summed E-state index contributed by atoms with van der Waals surface area (Å²) < 4.78 is 5.07. The van der Waals surface area contributed by atoms with Gasteiger partial charge in [0.1, 0.15) is 0 Å². The van der Waals surface area contributed by atoms with Crippen molar-refractivity contribution in [1.82, 2.24) is 0 Å². The average molecular weight is 243 g/mol. The van der Waals surface area contributed by atoms with Gasteiger partial charge in [-0.3, -0.25) is 4.79 Å². The summed E-state index contributed by atoms with van der Waals surface area (Å²) in [6.07, 6.45) is 9.29. The minimum atomic E-state index is -0.193. The van der Waals surface area contributed by atoms with Gasteiger partial charge in [0.2, 0.25) is 0 Å². The van der Waals surface area contributed by atoms with E-state index in [0.717, 1.165) is 25.7 Å². The van der Waals surface area contributed by atoms with Gasteiger partial charge in [0.05, 0.1) is 6.10 Å². The molecule has 2 unspecified atom stereocenters. The number of rotatable bonds is 10. The Morgan fingerprint density at radius 2 is 1.76 bits per heavy atom. The summed E-state index contributed by atoms with van der Waals surface area (Å²) in [5.74, 6) is -0.193. The van der Waals surface area contributed by atoms with Crippen LogP contribution in [0.5, 0.6) is 0 Å². The van der Waals surface area contributed by atoms with Gasteiger partial charge in [0.15, 0.2) is 0 Å². The summed E-state index contributed by atoms with van der Waals surface area (Å²) in [5, 5.41) is 0. The van der Waals surface area contributed by atoms with Crippen molar-refractivity contribution in [3.63, 3.8) is 0 Å². The van der Waals surface area contributed by atoms with Crippen LogP contribution in [0.4, 0.5) is 0 Å². The van der Waals surface area contributed by atoms with E-state index in [1.165, 1.54) is 32.6 Å². The van der Waals surface area contributed by atoms with Crippen LogP contribution < -0.4 is 5.73 Å². The molecule has 0 aliphatic rings. The zero-order valence-corrected chi connectivity index (χ0v) is 11.7. The molecule has 0 rings (SSSR count). The molecule has 0 aliphatic heterocycles. The highest BCUT2D eigenvalue weighted by atomic mass is 16.5. The lowest BCUT2D eigenvalue weighted by atomic mass is 10.0. The van der Waals surface area contributed by atoms with Gasteiger partial charge < -0.3 is 10.5 Å². The van der Waals surface area contributed by atoms with Crippen LogP contribution >= 0.6 is 0 Å². The van der Waals surface area contributed by atoms with Gasteiger partial charge in [-0.05, 0) is 32.6 Å². The Morgan fingerprint density at radius 3 is 2.35 bits per heavy atom. The maximum absolute atomic E-state index is 10.7. The maximum Gasteiger partial charge on any atom is 0.302 e. The normalized spacial score (nSPS) is 14.4. The minimum absolute atomic E-state index is 0.0276. The third kappa shape index (κ3) is 11.7. The largest absolute Gasteiger partial charge is 0.463 e. The summed E-state index contributed by atoms with van der Waals surface area (Å²) in [6, 6.07) is 0.316. The van der Waals surface area contributed by atoms with Crippen molar-refractivity contribution >= 4 is 5.97 Å². The number of nitrogens with two attached hydrogens (primary N) is 1. The minimum Gasteiger partial charge on any atom is -0.463 e. The Bertz CT molecular complexity index is 195. The summed E-state index contributed by atoms with van der Waals surface area (Å²) in [7, 11) is 0. The quantitative estimate of drug-likeness (QED) is 0.472. The Labute approximate surface area is 106 Å². The Balaban J connectivity index is 3.37. The highest BCUT2D eigenvalue weighted by molar-refractivity contribution is 5.66. The van der Waals surface area contributed by atoms with Gasteiger partial charge in [0.25, 0.3) is 0 Å². The summed E-state index contributed by atoms with van der Waals surface area (Å²) in [6.45, 7) is 5.61. The zero-order chi connectivity index (χ0) is 13.1. The van der Waals surface area contributed by atoms with Crippen molar-refractivity contribution in [2.75, 3.05) is 0 Å². The molecule has 2 atom stereocenters. The summed E-state index contributed by atoms with van der Waals surface area (Å²) >= 11 is 0. The van der Waals surface area contributed by atoms with Crippen LogP contribution in [-0.2, 0) is 9.53 Å². The molecule has 0 aliphatic carbocycles. The van der Waals surface area contributed by atoms with E-state index in [-0.39, 0.29) is 12.1 Å². The second-order valence-electron chi connectivity index (χ2n) is 4.96. The topological polar surface area (TPSA) is 52.3 Å². The van der Waals surface area contributed by atoms with Crippen molar-refractivity contribution in [2.45, 2.75) is 84.3 Å². The van der Waals surface area contributed by atoms with Crippen LogP contribution in [0.25, 0.3) is 0 Å². The number of esters is 1. The Kier molecular flexibility index (Phi) is 10.2. The van der Waals surface area contributed by atoms with Crippen LogP contribution in [0.1, 0.15) is 72.1 Å². The smallest absolute Gasteiger partial charge is 0.302 e. The molecule has 3 nitrogen and oxygen atoms in total. The van der Waals surface area contributed by atoms with Crippen molar-refractivity contribution < 1.29 is 9.53 Å². The Morgan fingerprint density at radius 1 is 1.12 bits per heavy atom. The molecule has 0 aromatic carbocycles. The summed E-state index contributed by atoms with van der Waals surface area (Å²) in [4.78, 5) is 10.7. The molecular weight excluding hydrogens is 214 g/mol. The zero-order valence-electron chi connectivity index (χ0n) is 11.7. The van der Waals surface area contributed by atoms with E-state index >= 15 is 0 Å². The fourth-order valence-corrected chi connectivity index (χ4v) is 1.99. The molecule has 0 spiro atoms. The predicted molar refractivity (Wildman–Crippen MR) is 71.8 cm³/mol. The predicted octanol–water partition coefficient (Wildman–Crippen LogP) is 3.41. The van der Waals surface area contributed by atoms with Gasteiger partial charge in [-0.15, -0.1) is 0 Å². The lowest BCUT2D eigenvalue weighted by molar-refractivity contribution is -0.145. The molecule has 2 N–H and O–H groups in total. The van der Waals surface area contributed by atoms with Crippen molar-refractivity contribution in [1.29, 1.82) is 0 Å². The van der Waals surface area contributed by atoms with E-state index in [2.05, 4.69) is 6.92 Å². The van der Waals surface area contributed by atoms with E-state index in [9.17, 15) is 4.79 Å². The molecule has 0 amide bonds. The molecule has 0 radical (unpaired) electrons. The van der Waals surface area contributed by atoms with Crippen LogP contribution in [0.3, 0.4) is 0 Å². The lowest BCUT2D eigenvalue weighted by Gasteiger charge is -2.14. The van der Waals surface area contributed by atoms with Crippen molar-refractivity contribution in [2.24, 2.45) is 5.73 Å². The monoisotopic (exact) mass is 243 g/mol. The average Bonchev–Trinajstić information content (AvgIpc) is 2.23. The fourth-order valence-electron chi connectivity index (χ4n) is 1.99. The molecular formula is C14H29NO2. The number of ether oxygens (including phenoxy) is 1. The number of carbonyl (C=O) groups excluding carboxylic acids is 1. The highest BCUT2D eigenvalue weighted by Crippen LogP contribution is 2.11. The third-order valence-corrected chi connectivity index (χ3v) is 2.98. The molecule has 0 saturated heterocycles. The van der Waals surface area contributed by atoms with Crippen LogP contribution in [0, 0.1) is 0 Å². The molecule has 0 aromatic rings. The standard InChI is InChI=1S/C14H29NO2/c1-4-5-6-7-10-14(15)11-8-9-12(2)17-13(3)16/h12,14H,4-11,15H2,1-3H3.